The molecule has 2 fully saturated rings. The smallest absolute Gasteiger partial charge is 0.408 e. The number of hydrogen-bond donors (Lipinski definition) is 2. The lowest BCUT2D eigenvalue weighted by molar-refractivity contribution is -0.0499. The average molecular weight is 486 g/mol. The molecule has 34 heavy (non-hydrogen) atoms. The number of imidazole rings is 1. The molecule has 4 rings (SSSR count). The number of nitrogens with zero attached hydrogens (tertiary/aromatic N) is 4. The molecule has 1 unspecified atom stereocenters. The second kappa shape index (κ2) is 10.0. The van der Waals surface area contributed by atoms with Crippen LogP contribution in [0.5, 0.6) is 0 Å². The Bertz CT molecular complexity index is 1020. The summed E-state index contributed by atoms with van der Waals surface area (Å²) in [6.45, 7) is -0.877. The highest BCUT2D eigenvalue weighted by molar-refractivity contribution is 5.76. The van der Waals surface area contributed by atoms with Crippen molar-refractivity contribution < 1.29 is 31.9 Å². The highest BCUT2D eigenvalue weighted by Crippen LogP contribution is 2.41. The van der Waals surface area contributed by atoms with Crippen molar-refractivity contribution >= 4 is 17.8 Å². The van der Waals surface area contributed by atoms with Crippen molar-refractivity contribution in [3.63, 3.8) is 0 Å². The van der Waals surface area contributed by atoms with E-state index < -0.39 is 37.5 Å². The molecular weight excluding hydrogens is 460 g/mol. The van der Waals surface area contributed by atoms with Crippen LogP contribution in [-0.2, 0) is 11.3 Å². The van der Waals surface area contributed by atoms with Crippen LogP contribution in [-0.4, -0.2) is 70.1 Å². The molecule has 1 aliphatic carbocycles. The zero-order valence-corrected chi connectivity index (χ0v) is 18.4. The molecule has 0 bridgehead atoms. The van der Waals surface area contributed by atoms with Crippen LogP contribution in [0, 0.1) is 5.92 Å². The van der Waals surface area contributed by atoms with Crippen molar-refractivity contribution in [2.75, 3.05) is 26.4 Å². The van der Waals surface area contributed by atoms with E-state index in [0.29, 0.717) is 31.0 Å². The molecule has 2 N–H and O–H groups in total. The third-order valence-corrected chi connectivity index (χ3v) is 6.16. The van der Waals surface area contributed by atoms with Crippen LogP contribution in [0.15, 0.2) is 18.5 Å². The predicted molar refractivity (Wildman–Crippen MR) is 112 cm³/mol. The summed E-state index contributed by atoms with van der Waals surface area (Å²) in [6.07, 6.45) is 0.162. The number of aromatic nitrogens is 3. The van der Waals surface area contributed by atoms with Gasteiger partial charge in [0.25, 0.3) is 0 Å². The Morgan fingerprint density at radius 1 is 1.29 bits per heavy atom. The quantitative estimate of drug-likeness (QED) is 0.559. The Morgan fingerprint density at radius 3 is 2.68 bits per heavy atom. The summed E-state index contributed by atoms with van der Waals surface area (Å²) in [5.74, 6) is -3.15. The second-order valence-electron chi connectivity index (χ2n) is 8.64. The van der Waals surface area contributed by atoms with Gasteiger partial charge in [-0.2, -0.15) is 5.10 Å². The van der Waals surface area contributed by atoms with Crippen LogP contribution < -0.4 is 10.6 Å². The molecule has 3 heterocycles. The first kappa shape index (κ1) is 24.0. The fourth-order valence-corrected chi connectivity index (χ4v) is 4.30. The summed E-state index contributed by atoms with van der Waals surface area (Å²) < 4.78 is 59.3. The van der Waals surface area contributed by atoms with Gasteiger partial charge < -0.3 is 20.3 Å². The minimum atomic E-state index is -2.77. The Kier molecular flexibility index (Phi) is 7.08. The van der Waals surface area contributed by atoms with E-state index in [-0.39, 0.29) is 37.6 Å². The van der Waals surface area contributed by atoms with Gasteiger partial charge in [-0.1, -0.05) is 0 Å². The van der Waals surface area contributed by atoms with Gasteiger partial charge in [-0.05, 0) is 30.4 Å². The highest BCUT2D eigenvalue weighted by atomic mass is 19.3. The zero-order valence-electron chi connectivity index (χ0n) is 18.4. The van der Waals surface area contributed by atoms with Crippen molar-refractivity contribution in [3.8, 4) is 0 Å². The van der Waals surface area contributed by atoms with Crippen LogP contribution >= 0.6 is 0 Å². The van der Waals surface area contributed by atoms with Crippen LogP contribution in [0.4, 0.5) is 27.2 Å². The number of rotatable bonds is 8. The van der Waals surface area contributed by atoms with Gasteiger partial charge in [0, 0.05) is 32.5 Å². The number of alkyl carbamates (subject to hydrolysis) is 1. The van der Waals surface area contributed by atoms with Gasteiger partial charge in [0.2, 0.25) is 5.92 Å². The van der Waals surface area contributed by atoms with E-state index in [4.69, 9.17) is 4.74 Å². The molecule has 0 spiro atoms. The molecular formula is C21H26F4N6O3. The van der Waals surface area contributed by atoms with E-state index >= 15 is 0 Å². The first-order valence-corrected chi connectivity index (χ1v) is 11.1. The molecule has 1 saturated heterocycles. The van der Waals surface area contributed by atoms with E-state index in [9.17, 15) is 27.2 Å². The molecule has 1 aliphatic heterocycles. The largest absolute Gasteiger partial charge is 0.441 e. The molecule has 1 atom stereocenters. The Labute approximate surface area is 192 Å². The van der Waals surface area contributed by atoms with Crippen molar-refractivity contribution in [1.29, 1.82) is 0 Å². The Morgan fingerprint density at radius 2 is 2.03 bits per heavy atom. The van der Waals surface area contributed by atoms with E-state index in [1.54, 1.807) is 23.4 Å². The average Bonchev–Trinajstić information content (AvgIpc) is 3.41. The molecule has 2 aromatic rings. The number of carbonyl (C=O) groups is 2. The number of fused-ring (bicyclic) bond motifs is 1. The molecule has 2 aromatic heterocycles. The molecule has 2 aliphatic rings. The maximum absolute atomic E-state index is 13.7. The van der Waals surface area contributed by atoms with Gasteiger partial charge >= 0.3 is 12.1 Å². The number of nitrogens with one attached hydrogen (secondary N) is 2. The Balaban J connectivity index is 1.55. The summed E-state index contributed by atoms with van der Waals surface area (Å²) >= 11 is 0. The minimum Gasteiger partial charge on any atom is -0.441 e. The minimum absolute atomic E-state index is 0.129. The molecule has 0 aromatic carbocycles. The normalized spacial score (nSPS) is 19.4. The number of ether oxygens (including phenoxy) is 1. The molecule has 13 heteroatoms. The molecule has 186 valence electrons. The summed E-state index contributed by atoms with van der Waals surface area (Å²) in [7, 11) is 0. The maximum atomic E-state index is 13.7. The van der Waals surface area contributed by atoms with Crippen LogP contribution in [0.1, 0.15) is 43.0 Å². The number of halogens is 4. The van der Waals surface area contributed by atoms with Crippen LogP contribution in [0.3, 0.4) is 0 Å². The monoisotopic (exact) mass is 486 g/mol. The number of urea groups is 1. The third-order valence-electron chi connectivity index (χ3n) is 6.16. The van der Waals surface area contributed by atoms with E-state index in [2.05, 4.69) is 20.7 Å². The van der Waals surface area contributed by atoms with Crippen molar-refractivity contribution in [3.05, 3.63) is 29.7 Å². The number of hydrogen-bond acceptors (Lipinski definition) is 5. The van der Waals surface area contributed by atoms with Crippen LogP contribution in [0.2, 0.25) is 0 Å². The van der Waals surface area contributed by atoms with Gasteiger partial charge in [0.05, 0.1) is 24.1 Å². The molecule has 3 amide bonds. The SMILES string of the molecule is O=C(NC(c1cn2ncc(CN3CCNC3=O)cc2n1)C1CCC(F)(F)CC1)OC(CF)CF. The lowest BCUT2D eigenvalue weighted by atomic mass is 9.81. The van der Waals surface area contributed by atoms with E-state index in [1.165, 1.54) is 4.52 Å². The van der Waals surface area contributed by atoms with Gasteiger partial charge in [0.15, 0.2) is 11.8 Å². The first-order valence-electron chi connectivity index (χ1n) is 11.1. The van der Waals surface area contributed by atoms with Gasteiger partial charge in [-0.3, -0.25) is 0 Å². The standard InChI is InChI=1S/C21H26F4N6O3/c22-8-15(9-23)34-20(33)29-18(14-1-3-21(24,25)4-2-14)16-12-31-17(28-16)7-13(10-27-31)11-30-6-5-26-19(30)32/h7,10,12,14-15,18H,1-6,8-9,11H2,(H,26,32)(H,29,33). The summed E-state index contributed by atoms with van der Waals surface area (Å²) in [6, 6.07) is 0.771. The fraction of sp³-hybridized carbons (Fsp3) is 0.619. The second-order valence-corrected chi connectivity index (χ2v) is 8.64. The van der Waals surface area contributed by atoms with Crippen molar-refractivity contribution in [1.82, 2.24) is 30.1 Å². The summed E-state index contributed by atoms with van der Waals surface area (Å²) in [5.41, 5.74) is 1.56. The predicted octanol–water partition coefficient (Wildman–Crippen LogP) is 3.15. The molecule has 1 saturated carbocycles. The topological polar surface area (TPSA) is 101 Å². The molecule has 0 radical (unpaired) electrons. The van der Waals surface area contributed by atoms with Gasteiger partial charge in [-0.25, -0.2) is 36.7 Å². The first-order chi connectivity index (χ1) is 16.3. The third kappa shape index (κ3) is 5.50. The number of alkyl halides is 4. The zero-order chi connectivity index (χ0) is 24.3. The number of carbonyl (C=O) groups excluding carboxylic acids is 2. The highest BCUT2D eigenvalue weighted by Gasteiger charge is 2.39. The van der Waals surface area contributed by atoms with E-state index in [0.717, 1.165) is 5.56 Å². The van der Waals surface area contributed by atoms with E-state index in [1.807, 2.05) is 0 Å². The van der Waals surface area contributed by atoms with Crippen LogP contribution in [0.25, 0.3) is 5.65 Å². The van der Waals surface area contributed by atoms with Crippen molar-refractivity contribution in [2.24, 2.45) is 5.92 Å². The van der Waals surface area contributed by atoms with Crippen molar-refractivity contribution in [2.45, 2.75) is 50.3 Å². The van der Waals surface area contributed by atoms with Gasteiger partial charge in [0.1, 0.15) is 13.3 Å². The van der Waals surface area contributed by atoms with Gasteiger partial charge in [-0.15, -0.1) is 0 Å². The maximum Gasteiger partial charge on any atom is 0.408 e. The molecule has 9 nitrogen and oxygen atoms in total. The lowest BCUT2D eigenvalue weighted by Crippen LogP contribution is -2.39. The fourth-order valence-electron chi connectivity index (χ4n) is 4.30. The number of amides is 3. The lowest BCUT2D eigenvalue weighted by Gasteiger charge is -2.33. The Hall–Kier alpha value is -3.12. The summed E-state index contributed by atoms with van der Waals surface area (Å²) in [5, 5.41) is 9.59. The summed E-state index contributed by atoms with van der Waals surface area (Å²) in [4.78, 5) is 30.3.